The van der Waals surface area contributed by atoms with Crippen LogP contribution in [0.5, 0.6) is 0 Å². The second kappa shape index (κ2) is 6.97. The van der Waals surface area contributed by atoms with E-state index in [2.05, 4.69) is 21.2 Å². The number of rotatable bonds is 5. The second-order valence-electron chi connectivity index (χ2n) is 4.56. The number of non-ortho nitro benzene ring substituents is 2. The van der Waals surface area contributed by atoms with Crippen molar-refractivity contribution < 1.29 is 14.6 Å². The van der Waals surface area contributed by atoms with Crippen molar-refractivity contribution in [1.29, 1.82) is 0 Å². The Hall–Kier alpha value is -2.81. The molecule has 0 aliphatic rings. The quantitative estimate of drug-likeness (QED) is 0.632. The Morgan fingerprint density at radius 2 is 1.65 bits per heavy atom. The molecule has 0 atom stereocenters. The number of carbonyl (C=O) groups excluding carboxylic acids is 1. The van der Waals surface area contributed by atoms with E-state index in [9.17, 15) is 25.0 Å². The molecule has 0 heterocycles. The molecule has 0 saturated heterocycles. The van der Waals surface area contributed by atoms with E-state index in [4.69, 9.17) is 0 Å². The summed E-state index contributed by atoms with van der Waals surface area (Å²) < 4.78 is 0.843. The van der Waals surface area contributed by atoms with Crippen LogP contribution in [0, 0.1) is 20.2 Å². The number of carbonyl (C=O) groups is 1. The van der Waals surface area contributed by atoms with Gasteiger partial charge in [0.1, 0.15) is 0 Å². The normalized spacial score (nSPS) is 10.1. The standard InChI is InChI=1S/C14H10BrN3O5/c15-11-3-1-2-9(4-11)8-16-14(19)10-5-12(17(20)21)7-13(6-10)18(22)23/h1-7H,8H2,(H,16,19). The van der Waals surface area contributed by atoms with E-state index in [1.807, 2.05) is 6.07 Å². The number of hydrogen-bond donors (Lipinski definition) is 1. The van der Waals surface area contributed by atoms with Crippen LogP contribution in [-0.4, -0.2) is 15.8 Å². The maximum atomic E-state index is 12.1. The molecule has 118 valence electrons. The largest absolute Gasteiger partial charge is 0.348 e. The van der Waals surface area contributed by atoms with Gasteiger partial charge in [0.15, 0.2) is 0 Å². The minimum Gasteiger partial charge on any atom is -0.348 e. The third-order valence-electron chi connectivity index (χ3n) is 2.93. The van der Waals surface area contributed by atoms with Gasteiger partial charge in [-0.15, -0.1) is 0 Å². The number of nitrogens with one attached hydrogen (secondary N) is 1. The molecule has 0 unspecified atom stereocenters. The topological polar surface area (TPSA) is 115 Å². The molecule has 0 aliphatic carbocycles. The summed E-state index contributed by atoms with van der Waals surface area (Å²) >= 11 is 3.30. The van der Waals surface area contributed by atoms with E-state index in [0.717, 1.165) is 28.2 Å². The molecular formula is C14H10BrN3O5. The lowest BCUT2D eigenvalue weighted by molar-refractivity contribution is -0.394. The number of nitro groups is 2. The highest BCUT2D eigenvalue weighted by Gasteiger charge is 2.19. The first-order chi connectivity index (χ1) is 10.9. The maximum Gasteiger partial charge on any atom is 0.277 e. The molecule has 1 N–H and O–H groups in total. The number of benzene rings is 2. The lowest BCUT2D eigenvalue weighted by Crippen LogP contribution is -2.23. The molecule has 23 heavy (non-hydrogen) atoms. The van der Waals surface area contributed by atoms with E-state index in [0.29, 0.717) is 0 Å². The van der Waals surface area contributed by atoms with Gasteiger partial charge in [-0.3, -0.25) is 25.0 Å². The third kappa shape index (κ3) is 4.33. The smallest absolute Gasteiger partial charge is 0.277 e. The maximum absolute atomic E-state index is 12.1. The van der Waals surface area contributed by atoms with Gasteiger partial charge in [0.05, 0.1) is 21.5 Å². The monoisotopic (exact) mass is 379 g/mol. The summed E-state index contributed by atoms with van der Waals surface area (Å²) in [6.45, 7) is 0.189. The average Bonchev–Trinajstić information content (AvgIpc) is 2.52. The van der Waals surface area contributed by atoms with Crippen molar-refractivity contribution in [3.8, 4) is 0 Å². The Morgan fingerprint density at radius 1 is 1.04 bits per heavy atom. The Balaban J connectivity index is 2.21. The van der Waals surface area contributed by atoms with Crippen LogP contribution >= 0.6 is 15.9 Å². The van der Waals surface area contributed by atoms with Crippen molar-refractivity contribution in [2.24, 2.45) is 0 Å². The molecule has 0 spiro atoms. The molecule has 0 aromatic heterocycles. The first kappa shape index (κ1) is 16.6. The van der Waals surface area contributed by atoms with Crippen molar-refractivity contribution in [1.82, 2.24) is 5.32 Å². The van der Waals surface area contributed by atoms with E-state index in [-0.39, 0.29) is 12.1 Å². The van der Waals surface area contributed by atoms with E-state index in [1.54, 1.807) is 18.2 Å². The predicted octanol–water partition coefficient (Wildman–Crippen LogP) is 3.20. The van der Waals surface area contributed by atoms with Gasteiger partial charge in [0.25, 0.3) is 17.3 Å². The van der Waals surface area contributed by atoms with Crippen molar-refractivity contribution in [2.75, 3.05) is 0 Å². The molecular weight excluding hydrogens is 370 g/mol. The zero-order chi connectivity index (χ0) is 17.0. The summed E-state index contributed by atoms with van der Waals surface area (Å²) in [5.41, 5.74) is -0.341. The first-order valence-corrected chi connectivity index (χ1v) is 7.12. The van der Waals surface area contributed by atoms with Crippen molar-refractivity contribution in [3.05, 3.63) is 78.3 Å². The number of amides is 1. The summed E-state index contributed by atoms with van der Waals surface area (Å²) in [6.07, 6.45) is 0. The van der Waals surface area contributed by atoms with Crippen molar-refractivity contribution in [3.63, 3.8) is 0 Å². The van der Waals surface area contributed by atoms with Gasteiger partial charge < -0.3 is 5.32 Å². The highest BCUT2D eigenvalue weighted by molar-refractivity contribution is 9.10. The Morgan fingerprint density at radius 3 is 2.17 bits per heavy atom. The summed E-state index contributed by atoms with van der Waals surface area (Å²) in [4.78, 5) is 32.2. The number of nitrogens with zero attached hydrogens (tertiary/aromatic N) is 2. The van der Waals surface area contributed by atoms with Crippen molar-refractivity contribution >= 4 is 33.2 Å². The van der Waals surface area contributed by atoms with Crippen LogP contribution in [0.25, 0.3) is 0 Å². The SMILES string of the molecule is O=C(NCc1cccc(Br)c1)c1cc([N+](=O)[O-])cc([N+](=O)[O-])c1. The summed E-state index contributed by atoms with van der Waals surface area (Å²) in [6, 6.07) is 10.0. The fourth-order valence-corrected chi connectivity index (χ4v) is 2.32. The molecule has 0 saturated carbocycles. The van der Waals surface area contributed by atoms with Gasteiger partial charge in [0.2, 0.25) is 0 Å². The molecule has 1 amide bonds. The lowest BCUT2D eigenvalue weighted by Gasteiger charge is -2.06. The van der Waals surface area contributed by atoms with E-state index >= 15 is 0 Å². The highest BCUT2D eigenvalue weighted by Crippen LogP contribution is 2.22. The van der Waals surface area contributed by atoms with Crippen LogP contribution in [0.3, 0.4) is 0 Å². The Kier molecular flexibility index (Phi) is 5.02. The molecule has 8 nitrogen and oxygen atoms in total. The molecule has 0 bridgehead atoms. The van der Waals surface area contributed by atoms with Crippen molar-refractivity contribution in [2.45, 2.75) is 6.54 Å². The average molecular weight is 380 g/mol. The number of hydrogen-bond acceptors (Lipinski definition) is 5. The summed E-state index contributed by atoms with van der Waals surface area (Å²) in [5, 5.41) is 24.2. The molecule has 0 fully saturated rings. The zero-order valence-electron chi connectivity index (χ0n) is 11.6. The third-order valence-corrected chi connectivity index (χ3v) is 3.42. The van der Waals surface area contributed by atoms with Gasteiger partial charge in [-0.2, -0.15) is 0 Å². The number of nitro benzene ring substituents is 2. The Bertz CT molecular complexity index is 761. The summed E-state index contributed by atoms with van der Waals surface area (Å²) in [7, 11) is 0. The molecule has 9 heteroatoms. The Labute approximate surface area is 138 Å². The van der Waals surface area contributed by atoms with Gasteiger partial charge >= 0.3 is 0 Å². The molecule has 2 aromatic rings. The van der Waals surface area contributed by atoms with Gasteiger partial charge in [-0.05, 0) is 17.7 Å². The van der Waals surface area contributed by atoms with E-state index < -0.39 is 27.1 Å². The highest BCUT2D eigenvalue weighted by atomic mass is 79.9. The van der Waals surface area contributed by atoms with Gasteiger partial charge in [-0.1, -0.05) is 28.1 Å². The van der Waals surface area contributed by atoms with Crippen LogP contribution < -0.4 is 5.32 Å². The first-order valence-electron chi connectivity index (χ1n) is 6.33. The number of halogens is 1. The fraction of sp³-hybridized carbons (Fsp3) is 0.0714. The minimum absolute atomic E-state index is 0.138. The lowest BCUT2D eigenvalue weighted by atomic mass is 10.1. The fourth-order valence-electron chi connectivity index (χ4n) is 1.87. The molecule has 0 radical (unpaired) electrons. The van der Waals surface area contributed by atoms with Crippen LogP contribution in [0.15, 0.2) is 46.9 Å². The van der Waals surface area contributed by atoms with Crippen LogP contribution in [0.4, 0.5) is 11.4 Å². The summed E-state index contributed by atoms with van der Waals surface area (Å²) in [5.74, 6) is -0.628. The molecule has 2 aromatic carbocycles. The van der Waals surface area contributed by atoms with Crippen LogP contribution in [-0.2, 0) is 6.54 Å². The second-order valence-corrected chi connectivity index (χ2v) is 5.48. The zero-order valence-corrected chi connectivity index (χ0v) is 13.1. The van der Waals surface area contributed by atoms with Crippen LogP contribution in [0.2, 0.25) is 0 Å². The molecule has 2 rings (SSSR count). The minimum atomic E-state index is -0.780. The van der Waals surface area contributed by atoms with E-state index in [1.165, 1.54) is 0 Å². The predicted molar refractivity (Wildman–Crippen MR) is 85.1 cm³/mol. The molecule has 0 aliphatic heterocycles. The van der Waals surface area contributed by atoms with Gasteiger partial charge in [-0.25, -0.2) is 0 Å². The van der Waals surface area contributed by atoms with Crippen LogP contribution in [0.1, 0.15) is 15.9 Å². The van der Waals surface area contributed by atoms with Gasteiger partial charge in [0, 0.05) is 23.2 Å².